The quantitative estimate of drug-likeness (QED) is 0.618. The molecule has 1 aliphatic heterocycles. The molecule has 0 radical (unpaired) electrons. The molecule has 2 aromatic carbocycles. The fraction of sp³-hybridized carbons (Fsp3) is 0.364. The van der Waals surface area contributed by atoms with Crippen molar-refractivity contribution in [1.82, 2.24) is 4.90 Å². The number of cyclic esters (lactones) is 1. The van der Waals surface area contributed by atoms with Gasteiger partial charge in [-0.15, -0.1) is 0 Å². The molecule has 154 valence electrons. The molecule has 1 amide bonds. The topological polar surface area (TPSA) is 85.3 Å². The van der Waals surface area contributed by atoms with Crippen LogP contribution < -0.4 is 0 Å². The fourth-order valence-electron chi connectivity index (χ4n) is 3.08. The molecule has 0 spiro atoms. The van der Waals surface area contributed by atoms with Crippen molar-refractivity contribution in [1.29, 1.82) is 0 Å². The van der Waals surface area contributed by atoms with E-state index in [1.165, 1.54) is 5.56 Å². The lowest BCUT2D eigenvalue weighted by Gasteiger charge is -2.21. The van der Waals surface area contributed by atoms with E-state index in [0.717, 1.165) is 23.3 Å². The molecule has 29 heavy (non-hydrogen) atoms. The number of nitrogens with zero attached hydrogens (tertiary/aromatic N) is 1. The second-order valence-corrected chi connectivity index (χ2v) is 6.84. The average Bonchev–Trinajstić information content (AvgIpc) is 3.12. The monoisotopic (exact) mass is 399 g/mol. The maximum atomic E-state index is 11.7. The minimum absolute atomic E-state index is 0.0539. The zero-order valence-corrected chi connectivity index (χ0v) is 16.1. The fourth-order valence-corrected chi connectivity index (χ4v) is 3.08. The maximum Gasteiger partial charge on any atom is 0.410 e. The Morgan fingerprint density at radius 1 is 1.10 bits per heavy atom. The van der Waals surface area contributed by atoms with Crippen molar-refractivity contribution in [2.45, 2.75) is 31.6 Å². The second-order valence-electron chi connectivity index (χ2n) is 6.84. The largest absolute Gasteiger partial charge is 0.465 e. The third-order valence-electron chi connectivity index (χ3n) is 4.75. The van der Waals surface area contributed by atoms with Crippen LogP contribution in [-0.4, -0.2) is 54.2 Å². The molecule has 7 heteroatoms. The first-order valence-electron chi connectivity index (χ1n) is 9.57. The van der Waals surface area contributed by atoms with E-state index >= 15 is 0 Å². The van der Waals surface area contributed by atoms with Gasteiger partial charge in [0.05, 0.1) is 25.9 Å². The number of benzene rings is 2. The molecule has 0 saturated carbocycles. The van der Waals surface area contributed by atoms with Crippen molar-refractivity contribution in [3.63, 3.8) is 0 Å². The highest BCUT2D eigenvalue weighted by Gasteiger charge is 2.38. The minimum atomic E-state index is -1.20. The Morgan fingerprint density at radius 3 is 2.41 bits per heavy atom. The number of carbonyl (C=O) groups excluding carboxylic acids is 1. The van der Waals surface area contributed by atoms with E-state index in [0.29, 0.717) is 6.61 Å². The summed E-state index contributed by atoms with van der Waals surface area (Å²) in [7, 11) is 0. The summed E-state index contributed by atoms with van der Waals surface area (Å²) in [6, 6.07) is 19.0. The van der Waals surface area contributed by atoms with Gasteiger partial charge in [0.25, 0.3) is 0 Å². The highest BCUT2D eigenvalue weighted by Crippen LogP contribution is 2.14. The van der Waals surface area contributed by atoms with Crippen molar-refractivity contribution >= 4 is 12.1 Å². The van der Waals surface area contributed by atoms with Crippen molar-refractivity contribution in [3.8, 4) is 0 Å². The van der Waals surface area contributed by atoms with Crippen molar-refractivity contribution in [3.05, 3.63) is 71.8 Å². The van der Waals surface area contributed by atoms with Crippen LogP contribution in [0.2, 0.25) is 0 Å². The highest BCUT2D eigenvalue weighted by atomic mass is 16.6. The Balaban J connectivity index is 1.53. The van der Waals surface area contributed by atoms with Gasteiger partial charge in [-0.2, -0.15) is 0 Å². The summed E-state index contributed by atoms with van der Waals surface area (Å²) in [5.74, 6) is -0.585. The minimum Gasteiger partial charge on any atom is -0.465 e. The first kappa shape index (κ1) is 20.8. The SMILES string of the molecule is O=C1OCN(C(=O)O)[C@H]1COC[C@@H](CCc1ccccc1)OCc1ccccc1. The molecule has 1 N–H and O–H groups in total. The lowest BCUT2D eigenvalue weighted by Crippen LogP contribution is -2.41. The van der Waals surface area contributed by atoms with Crippen LogP contribution in [0, 0.1) is 0 Å². The number of rotatable bonds is 10. The molecule has 1 fully saturated rings. The number of carbonyl (C=O) groups is 2. The van der Waals surface area contributed by atoms with Crippen LogP contribution in [0.15, 0.2) is 60.7 Å². The van der Waals surface area contributed by atoms with Crippen LogP contribution >= 0.6 is 0 Å². The smallest absolute Gasteiger partial charge is 0.410 e. The van der Waals surface area contributed by atoms with E-state index < -0.39 is 18.1 Å². The molecule has 3 rings (SSSR count). The summed E-state index contributed by atoms with van der Waals surface area (Å²) >= 11 is 0. The molecule has 1 saturated heterocycles. The zero-order chi connectivity index (χ0) is 20.5. The number of esters is 1. The molecule has 0 aromatic heterocycles. The molecule has 0 aliphatic carbocycles. The lowest BCUT2D eigenvalue weighted by molar-refractivity contribution is -0.140. The molecule has 2 aromatic rings. The van der Waals surface area contributed by atoms with Gasteiger partial charge in [-0.3, -0.25) is 4.90 Å². The van der Waals surface area contributed by atoms with Crippen molar-refractivity contribution in [2.24, 2.45) is 0 Å². The zero-order valence-electron chi connectivity index (χ0n) is 16.1. The van der Waals surface area contributed by atoms with Gasteiger partial charge in [0, 0.05) is 0 Å². The summed E-state index contributed by atoms with van der Waals surface area (Å²) in [5.41, 5.74) is 2.27. The molecule has 1 aliphatic rings. The van der Waals surface area contributed by atoms with Crippen LogP contribution in [0.5, 0.6) is 0 Å². The highest BCUT2D eigenvalue weighted by molar-refractivity contribution is 5.83. The third-order valence-corrected chi connectivity index (χ3v) is 4.75. The number of amides is 1. The third kappa shape index (κ3) is 6.30. The van der Waals surface area contributed by atoms with Crippen LogP contribution in [0.25, 0.3) is 0 Å². The Labute approximate surface area is 169 Å². The van der Waals surface area contributed by atoms with Gasteiger partial charge in [0.1, 0.15) is 0 Å². The van der Waals surface area contributed by atoms with Crippen LogP contribution in [0.3, 0.4) is 0 Å². The molecular weight excluding hydrogens is 374 g/mol. The average molecular weight is 399 g/mol. The van der Waals surface area contributed by atoms with E-state index in [1.54, 1.807) is 0 Å². The number of carboxylic acid groups (broad SMARTS) is 1. The first-order valence-corrected chi connectivity index (χ1v) is 9.57. The lowest BCUT2D eigenvalue weighted by atomic mass is 10.1. The molecule has 1 heterocycles. The van der Waals surface area contributed by atoms with Crippen LogP contribution in [-0.2, 0) is 32.0 Å². The van der Waals surface area contributed by atoms with Gasteiger partial charge in [-0.25, -0.2) is 9.59 Å². The van der Waals surface area contributed by atoms with E-state index in [9.17, 15) is 9.59 Å². The Bertz CT molecular complexity index is 739. The second kappa shape index (κ2) is 10.6. The number of ether oxygens (including phenoxy) is 3. The van der Waals surface area contributed by atoms with E-state index in [2.05, 4.69) is 12.1 Å². The van der Waals surface area contributed by atoms with Gasteiger partial charge in [0.2, 0.25) is 0 Å². The number of hydrogen-bond donors (Lipinski definition) is 1. The molecule has 2 atom stereocenters. The molecular formula is C22H25NO6. The summed E-state index contributed by atoms with van der Waals surface area (Å²) in [4.78, 5) is 23.9. The van der Waals surface area contributed by atoms with Crippen LogP contribution in [0.1, 0.15) is 17.5 Å². The summed E-state index contributed by atoms with van der Waals surface area (Å²) in [5, 5.41) is 9.14. The van der Waals surface area contributed by atoms with Gasteiger partial charge in [0.15, 0.2) is 12.8 Å². The van der Waals surface area contributed by atoms with Crippen LogP contribution in [0.4, 0.5) is 4.79 Å². The predicted molar refractivity (Wildman–Crippen MR) is 105 cm³/mol. The molecule has 0 bridgehead atoms. The normalized spacial score (nSPS) is 17.2. The van der Waals surface area contributed by atoms with Gasteiger partial charge in [-0.05, 0) is 24.0 Å². The van der Waals surface area contributed by atoms with E-state index in [4.69, 9.17) is 19.3 Å². The maximum absolute atomic E-state index is 11.7. The first-order chi connectivity index (χ1) is 14.1. The molecule has 7 nitrogen and oxygen atoms in total. The summed E-state index contributed by atoms with van der Waals surface area (Å²) < 4.78 is 16.5. The van der Waals surface area contributed by atoms with Gasteiger partial charge < -0.3 is 19.3 Å². The molecule has 0 unspecified atom stereocenters. The predicted octanol–water partition coefficient (Wildman–Crippen LogP) is 3.08. The van der Waals surface area contributed by atoms with Crippen molar-refractivity contribution < 1.29 is 28.9 Å². The summed E-state index contributed by atoms with van der Waals surface area (Å²) in [6.45, 7) is 0.402. The standard InChI is InChI=1S/C22H25NO6/c24-21-20(23(16-29-21)22(25)26)15-27-14-19(12-11-17-7-3-1-4-8-17)28-13-18-9-5-2-6-10-18/h1-10,19-20H,11-16H2,(H,25,26)/t19-,20+/m1/s1. The van der Waals surface area contributed by atoms with Gasteiger partial charge in [-0.1, -0.05) is 60.7 Å². The van der Waals surface area contributed by atoms with E-state index in [-0.39, 0.29) is 26.0 Å². The Kier molecular flexibility index (Phi) is 7.61. The van der Waals surface area contributed by atoms with Crippen molar-refractivity contribution in [2.75, 3.05) is 19.9 Å². The number of hydrogen-bond acceptors (Lipinski definition) is 5. The Morgan fingerprint density at radius 2 is 1.76 bits per heavy atom. The van der Waals surface area contributed by atoms with Gasteiger partial charge >= 0.3 is 12.1 Å². The van der Waals surface area contributed by atoms with E-state index in [1.807, 2.05) is 48.5 Å². The summed E-state index contributed by atoms with van der Waals surface area (Å²) in [6.07, 6.45) is 0.182. The Hall–Kier alpha value is -2.90. The number of aryl methyl sites for hydroxylation is 1.